The monoisotopic (exact) mass is 305 g/mol. The van der Waals surface area contributed by atoms with Crippen molar-refractivity contribution in [3.05, 3.63) is 72.2 Å². The van der Waals surface area contributed by atoms with Crippen LogP contribution in [0.2, 0.25) is 0 Å². The molecule has 1 amide bonds. The van der Waals surface area contributed by atoms with Crippen molar-refractivity contribution in [2.75, 3.05) is 6.54 Å². The van der Waals surface area contributed by atoms with Gasteiger partial charge in [-0.2, -0.15) is 0 Å². The molecule has 3 aromatic rings. The first kappa shape index (κ1) is 13.9. The van der Waals surface area contributed by atoms with Crippen molar-refractivity contribution in [2.45, 2.75) is 19.5 Å². The molecule has 23 heavy (non-hydrogen) atoms. The van der Waals surface area contributed by atoms with Gasteiger partial charge in [-0.25, -0.2) is 0 Å². The third-order valence-electron chi connectivity index (χ3n) is 4.60. The molecule has 0 fully saturated rings. The molecule has 0 bridgehead atoms. The number of nitrogens with zero attached hydrogens (tertiary/aromatic N) is 2. The maximum absolute atomic E-state index is 12.9. The molecular formula is C19H19N3O. The van der Waals surface area contributed by atoms with Crippen LogP contribution in [0.4, 0.5) is 0 Å². The van der Waals surface area contributed by atoms with Gasteiger partial charge in [0.15, 0.2) is 0 Å². The van der Waals surface area contributed by atoms with Crippen LogP contribution in [0.5, 0.6) is 0 Å². The number of carbonyl (C=O) groups excluding carboxylic acids is 1. The van der Waals surface area contributed by atoms with Crippen LogP contribution in [0.15, 0.2) is 60.8 Å². The second kappa shape index (κ2) is 5.47. The highest BCUT2D eigenvalue weighted by Gasteiger charge is 2.28. The Labute approximate surface area is 135 Å². The van der Waals surface area contributed by atoms with Crippen LogP contribution in [-0.4, -0.2) is 26.9 Å². The second-order valence-corrected chi connectivity index (χ2v) is 5.95. The fourth-order valence-corrected chi connectivity index (χ4v) is 3.32. The van der Waals surface area contributed by atoms with E-state index >= 15 is 0 Å². The van der Waals surface area contributed by atoms with E-state index in [1.165, 1.54) is 5.69 Å². The van der Waals surface area contributed by atoms with Crippen LogP contribution < -0.4 is 0 Å². The van der Waals surface area contributed by atoms with Crippen LogP contribution in [0.3, 0.4) is 0 Å². The average molecular weight is 305 g/mol. The summed E-state index contributed by atoms with van der Waals surface area (Å²) in [6.07, 6.45) is 2.08. The van der Waals surface area contributed by atoms with Crippen LogP contribution in [0.1, 0.15) is 29.1 Å². The summed E-state index contributed by atoms with van der Waals surface area (Å²) < 4.78 is 2.22. The fourth-order valence-electron chi connectivity index (χ4n) is 3.32. The van der Waals surface area contributed by atoms with Gasteiger partial charge in [0.1, 0.15) is 5.69 Å². The molecule has 4 nitrogen and oxygen atoms in total. The smallest absolute Gasteiger partial charge is 0.270 e. The van der Waals surface area contributed by atoms with Crippen molar-refractivity contribution in [1.29, 1.82) is 0 Å². The molecule has 1 atom stereocenters. The molecule has 116 valence electrons. The van der Waals surface area contributed by atoms with Gasteiger partial charge in [-0.1, -0.05) is 30.3 Å². The maximum Gasteiger partial charge on any atom is 0.270 e. The predicted octanol–water partition coefficient (Wildman–Crippen LogP) is 3.70. The van der Waals surface area contributed by atoms with Crippen molar-refractivity contribution in [1.82, 2.24) is 14.5 Å². The standard InChI is InChI=1S/C19H19N3O/c1-14-18-8-5-11-21(18)12-13-22(14)19(23)17-10-9-16(20-17)15-6-3-2-4-7-15/h2-11,14,20H,12-13H2,1H3/t14-/m1/s1. The molecule has 1 N–H and O–H groups in total. The van der Waals surface area contributed by atoms with E-state index in [-0.39, 0.29) is 11.9 Å². The van der Waals surface area contributed by atoms with Gasteiger partial charge in [-0.3, -0.25) is 4.79 Å². The molecule has 1 aromatic carbocycles. The second-order valence-electron chi connectivity index (χ2n) is 5.95. The van der Waals surface area contributed by atoms with E-state index in [2.05, 4.69) is 28.7 Å². The highest BCUT2D eigenvalue weighted by molar-refractivity contribution is 5.93. The van der Waals surface area contributed by atoms with E-state index < -0.39 is 0 Å². The van der Waals surface area contributed by atoms with Crippen LogP contribution in [0.25, 0.3) is 11.3 Å². The lowest BCUT2D eigenvalue weighted by molar-refractivity contribution is 0.0638. The number of fused-ring (bicyclic) bond motifs is 1. The topological polar surface area (TPSA) is 41.0 Å². The number of H-pyrrole nitrogens is 1. The Hall–Kier alpha value is -2.75. The first-order valence-corrected chi connectivity index (χ1v) is 7.94. The number of benzene rings is 1. The number of hydrogen-bond donors (Lipinski definition) is 1. The molecular weight excluding hydrogens is 286 g/mol. The van der Waals surface area contributed by atoms with Crippen molar-refractivity contribution < 1.29 is 4.79 Å². The number of aromatic amines is 1. The molecule has 4 rings (SSSR count). The van der Waals surface area contributed by atoms with E-state index in [1.807, 2.05) is 53.4 Å². The molecule has 2 aromatic heterocycles. The minimum atomic E-state index is 0.0622. The highest BCUT2D eigenvalue weighted by atomic mass is 16.2. The van der Waals surface area contributed by atoms with Gasteiger partial charge >= 0.3 is 0 Å². The van der Waals surface area contributed by atoms with Gasteiger partial charge < -0.3 is 14.5 Å². The highest BCUT2D eigenvalue weighted by Crippen LogP contribution is 2.27. The van der Waals surface area contributed by atoms with Gasteiger partial charge in [0.25, 0.3) is 5.91 Å². The molecule has 0 saturated heterocycles. The minimum absolute atomic E-state index is 0.0622. The van der Waals surface area contributed by atoms with Crippen molar-refractivity contribution >= 4 is 5.91 Å². The van der Waals surface area contributed by atoms with Crippen LogP contribution in [0, 0.1) is 0 Å². The zero-order valence-corrected chi connectivity index (χ0v) is 13.1. The first-order valence-electron chi connectivity index (χ1n) is 7.94. The molecule has 1 aliphatic heterocycles. The Morgan fingerprint density at radius 1 is 1.04 bits per heavy atom. The lowest BCUT2D eigenvalue weighted by Gasteiger charge is -2.34. The van der Waals surface area contributed by atoms with Crippen molar-refractivity contribution in [2.24, 2.45) is 0 Å². The molecule has 0 aliphatic carbocycles. The van der Waals surface area contributed by atoms with Crippen LogP contribution >= 0.6 is 0 Å². The molecule has 0 spiro atoms. The molecule has 4 heteroatoms. The third-order valence-corrected chi connectivity index (χ3v) is 4.60. The SMILES string of the molecule is C[C@@H]1c2cccn2CCN1C(=O)c1ccc(-c2ccccc2)[nH]1. The number of aromatic nitrogens is 2. The van der Waals surface area contributed by atoms with Crippen molar-refractivity contribution in [3.8, 4) is 11.3 Å². The van der Waals surface area contributed by atoms with Gasteiger partial charge in [0.2, 0.25) is 0 Å². The van der Waals surface area contributed by atoms with Gasteiger partial charge in [-0.05, 0) is 36.8 Å². The summed E-state index contributed by atoms with van der Waals surface area (Å²) in [4.78, 5) is 18.1. The first-order chi connectivity index (χ1) is 11.2. The van der Waals surface area contributed by atoms with E-state index in [0.717, 1.165) is 24.3 Å². The van der Waals surface area contributed by atoms with E-state index in [1.54, 1.807) is 0 Å². The summed E-state index contributed by atoms with van der Waals surface area (Å²) in [6, 6.07) is 18.1. The van der Waals surface area contributed by atoms with Crippen molar-refractivity contribution in [3.63, 3.8) is 0 Å². The normalized spacial score (nSPS) is 17.1. The predicted molar refractivity (Wildman–Crippen MR) is 90.1 cm³/mol. The van der Waals surface area contributed by atoms with Gasteiger partial charge in [0, 0.05) is 30.7 Å². The molecule has 0 radical (unpaired) electrons. The van der Waals surface area contributed by atoms with Gasteiger partial charge in [0.05, 0.1) is 6.04 Å². The largest absolute Gasteiger partial charge is 0.351 e. The Morgan fingerprint density at radius 2 is 1.87 bits per heavy atom. The summed E-state index contributed by atoms with van der Waals surface area (Å²) in [5.74, 6) is 0.0622. The lowest BCUT2D eigenvalue weighted by atomic mass is 10.1. The summed E-state index contributed by atoms with van der Waals surface area (Å²) >= 11 is 0. The fraction of sp³-hybridized carbons (Fsp3) is 0.211. The summed E-state index contributed by atoms with van der Waals surface area (Å²) in [7, 11) is 0. The Balaban J connectivity index is 1.60. The summed E-state index contributed by atoms with van der Waals surface area (Å²) in [5, 5.41) is 0. The Morgan fingerprint density at radius 3 is 2.70 bits per heavy atom. The Kier molecular flexibility index (Phi) is 3.30. The summed E-state index contributed by atoms with van der Waals surface area (Å²) in [5.41, 5.74) is 3.91. The maximum atomic E-state index is 12.9. The third kappa shape index (κ3) is 2.36. The number of rotatable bonds is 2. The Bertz CT molecular complexity index is 831. The average Bonchev–Trinajstić information content (AvgIpc) is 3.25. The number of amides is 1. The van der Waals surface area contributed by atoms with E-state index in [9.17, 15) is 4.79 Å². The van der Waals surface area contributed by atoms with Crippen LogP contribution in [-0.2, 0) is 6.54 Å². The molecule has 0 saturated carbocycles. The van der Waals surface area contributed by atoms with E-state index in [0.29, 0.717) is 5.69 Å². The van der Waals surface area contributed by atoms with Gasteiger partial charge in [-0.15, -0.1) is 0 Å². The number of hydrogen-bond acceptors (Lipinski definition) is 1. The number of carbonyl (C=O) groups is 1. The number of nitrogens with one attached hydrogen (secondary N) is 1. The molecule has 1 aliphatic rings. The van der Waals surface area contributed by atoms with E-state index in [4.69, 9.17) is 0 Å². The lowest BCUT2D eigenvalue weighted by Crippen LogP contribution is -2.40. The minimum Gasteiger partial charge on any atom is -0.351 e. The zero-order valence-electron chi connectivity index (χ0n) is 13.1. The zero-order chi connectivity index (χ0) is 15.8. The molecule has 0 unspecified atom stereocenters. The summed E-state index contributed by atoms with van der Waals surface area (Å²) in [6.45, 7) is 3.68. The molecule has 3 heterocycles. The quantitative estimate of drug-likeness (QED) is 0.770.